The number of hydrogen-bond donors (Lipinski definition) is 1. The van der Waals surface area contributed by atoms with E-state index in [0.29, 0.717) is 0 Å². The molecule has 0 saturated carbocycles. The summed E-state index contributed by atoms with van der Waals surface area (Å²) in [7, 11) is 0. The maximum Gasteiger partial charge on any atom is 0.338 e. The lowest BCUT2D eigenvalue weighted by atomic mass is 10.2. The lowest BCUT2D eigenvalue weighted by Crippen LogP contribution is -2.15. The van der Waals surface area contributed by atoms with Crippen LogP contribution in [-0.4, -0.2) is 12.1 Å². The molecule has 16 heavy (non-hydrogen) atoms. The van der Waals surface area contributed by atoms with Gasteiger partial charge in [-0.3, -0.25) is 0 Å². The summed E-state index contributed by atoms with van der Waals surface area (Å²) in [5.41, 5.74) is 5.81. The minimum Gasteiger partial charge on any atom is -0.459 e. The lowest BCUT2D eigenvalue weighted by Gasteiger charge is -2.12. The van der Waals surface area contributed by atoms with Gasteiger partial charge < -0.3 is 10.5 Å². The van der Waals surface area contributed by atoms with E-state index in [4.69, 9.17) is 10.5 Å². The van der Waals surface area contributed by atoms with Crippen LogP contribution in [0.25, 0.3) is 0 Å². The second-order valence-corrected chi connectivity index (χ2v) is 3.78. The molecule has 0 aliphatic heterocycles. The summed E-state index contributed by atoms with van der Waals surface area (Å²) >= 11 is 0. The number of anilines is 1. The molecule has 0 heterocycles. The van der Waals surface area contributed by atoms with Gasteiger partial charge in [0.25, 0.3) is 0 Å². The van der Waals surface area contributed by atoms with Gasteiger partial charge in [-0.15, -0.1) is 0 Å². The Hall–Kier alpha value is -1.58. The van der Waals surface area contributed by atoms with Crippen molar-refractivity contribution >= 4 is 11.7 Å². The quantitative estimate of drug-likeness (QED) is 0.633. The third kappa shape index (κ3) is 3.53. The van der Waals surface area contributed by atoms with Gasteiger partial charge in [-0.2, -0.15) is 0 Å². The summed E-state index contributed by atoms with van der Waals surface area (Å²) in [5, 5.41) is 0. The van der Waals surface area contributed by atoms with Crippen LogP contribution in [-0.2, 0) is 4.74 Å². The zero-order chi connectivity index (χ0) is 12.1. The molecular formula is C12H16FNO2. The van der Waals surface area contributed by atoms with Crippen molar-refractivity contribution in [1.29, 1.82) is 0 Å². The van der Waals surface area contributed by atoms with Gasteiger partial charge in [0, 0.05) is 5.69 Å². The number of ether oxygens (including phenoxy) is 1. The minimum atomic E-state index is -0.535. The van der Waals surface area contributed by atoms with E-state index in [2.05, 4.69) is 0 Å². The molecule has 0 aromatic heterocycles. The minimum absolute atomic E-state index is 0.153. The molecule has 0 saturated heterocycles. The van der Waals surface area contributed by atoms with Crippen LogP contribution < -0.4 is 5.73 Å². The summed E-state index contributed by atoms with van der Waals surface area (Å²) in [6, 6.07) is 3.69. The molecule has 0 aliphatic rings. The second-order valence-electron chi connectivity index (χ2n) is 3.78. The van der Waals surface area contributed by atoms with E-state index in [-0.39, 0.29) is 17.4 Å². The second kappa shape index (κ2) is 5.49. The molecule has 1 atom stereocenters. The molecule has 2 N–H and O–H groups in total. The standard InChI is InChI=1S/C12H16FNO2/c1-3-4-8(2)16-12(15)9-5-10(13)7-11(14)6-9/h5-8H,3-4,14H2,1-2H3. The zero-order valence-electron chi connectivity index (χ0n) is 9.50. The van der Waals surface area contributed by atoms with Crippen molar-refractivity contribution in [3.05, 3.63) is 29.6 Å². The number of nitrogen functional groups attached to an aromatic ring is 1. The zero-order valence-corrected chi connectivity index (χ0v) is 9.50. The topological polar surface area (TPSA) is 52.3 Å². The molecule has 3 nitrogen and oxygen atoms in total. The molecule has 0 fully saturated rings. The maximum atomic E-state index is 13.0. The fourth-order valence-electron chi connectivity index (χ4n) is 1.45. The first kappa shape index (κ1) is 12.5. The number of hydrogen-bond acceptors (Lipinski definition) is 3. The van der Waals surface area contributed by atoms with Crippen molar-refractivity contribution in [3.63, 3.8) is 0 Å². The van der Waals surface area contributed by atoms with Crippen LogP contribution >= 0.6 is 0 Å². The van der Waals surface area contributed by atoms with Crippen LogP contribution in [0.1, 0.15) is 37.0 Å². The van der Waals surface area contributed by atoms with Crippen LogP contribution in [0.2, 0.25) is 0 Å². The number of carbonyl (C=O) groups is 1. The third-order valence-electron chi connectivity index (χ3n) is 2.16. The van der Waals surface area contributed by atoms with Crippen molar-refractivity contribution in [2.45, 2.75) is 32.8 Å². The highest BCUT2D eigenvalue weighted by atomic mass is 19.1. The number of carbonyl (C=O) groups excluding carboxylic acids is 1. The van der Waals surface area contributed by atoms with Crippen molar-refractivity contribution < 1.29 is 13.9 Å². The lowest BCUT2D eigenvalue weighted by molar-refractivity contribution is 0.0323. The predicted molar refractivity (Wildman–Crippen MR) is 60.6 cm³/mol. The number of esters is 1. The molecule has 1 rings (SSSR count). The summed E-state index contributed by atoms with van der Waals surface area (Å²) in [6.45, 7) is 3.81. The SMILES string of the molecule is CCCC(C)OC(=O)c1cc(N)cc(F)c1. The van der Waals surface area contributed by atoms with Crippen molar-refractivity contribution in [2.75, 3.05) is 5.73 Å². The van der Waals surface area contributed by atoms with Crippen molar-refractivity contribution in [1.82, 2.24) is 0 Å². The third-order valence-corrected chi connectivity index (χ3v) is 2.16. The Bertz CT molecular complexity index is 359. The molecule has 0 spiro atoms. The number of nitrogens with two attached hydrogens (primary N) is 1. The van der Waals surface area contributed by atoms with Crippen LogP contribution in [0.3, 0.4) is 0 Å². The van der Waals surface area contributed by atoms with Gasteiger partial charge in [0.15, 0.2) is 0 Å². The number of benzene rings is 1. The fraction of sp³-hybridized carbons (Fsp3) is 0.417. The van der Waals surface area contributed by atoms with Crippen molar-refractivity contribution in [2.24, 2.45) is 0 Å². The van der Waals surface area contributed by atoms with Gasteiger partial charge in [-0.1, -0.05) is 13.3 Å². The van der Waals surface area contributed by atoms with E-state index < -0.39 is 11.8 Å². The van der Waals surface area contributed by atoms with E-state index in [9.17, 15) is 9.18 Å². The largest absolute Gasteiger partial charge is 0.459 e. The first-order valence-corrected chi connectivity index (χ1v) is 5.30. The average Bonchev–Trinajstić information content (AvgIpc) is 2.16. The van der Waals surface area contributed by atoms with Gasteiger partial charge in [-0.05, 0) is 31.5 Å². The average molecular weight is 225 g/mol. The Kier molecular flexibility index (Phi) is 4.28. The first-order chi connectivity index (χ1) is 7.52. The van der Waals surface area contributed by atoms with Crippen LogP contribution in [0.4, 0.5) is 10.1 Å². The molecule has 1 unspecified atom stereocenters. The molecule has 1 aromatic carbocycles. The van der Waals surface area contributed by atoms with Crippen molar-refractivity contribution in [3.8, 4) is 0 Å². The summed E-state index contributed by atoms with van der Waals surface area (Å²) in [5.74, 6) is -1.07. The Balaban J connectivity index is 2.72. The van der Waals surface area contributed by atoms with E-state index in [1.807, 2.05) is 13.8 Å². The summed E-state index contributed by atoms with van der Waals surface area (Å²) in [4.78, 5) is 11.6. The molecule has 1 aromatic rings. The van der Waals surface area contributed by atoms with Gasteiger partial charge in [0.1, 0.15) is 5.82 Å². The van der Waals surface area contributed by atoms with Crippen LogP contribution in [0.15, 0.2) is 18.2 Å². The fourth-order valence-corrected chi connectivity index (χ4v) is 1.45. The molecule has 88 valence electrons. The molecule has 4 heteroatoms. The molecule has 0 bridgehead atoms. The molecule has 0 aliphatic carbocycles. The van der Waals surface area contributed by atoms with E-state index in [0.717, 1.165) is 25.0 Å². The van der Waals surface area contributed by atoms with Gasteiger partial charge in [0.2, 0.25) is 0 Å². The van der Waals surface area contributed by atoms with Gasteiger partial charge in [0.05, 0.1) is 11.7 Å². The normalized spacial score (nSPS) is 12.2. The summed E-state index contributed by atoms with van der Waals surface area (Å²) in [6.07, 6.45) is 1.55. The van der Waals surface area contributed by atoms with E-state index >= 15 is 0 Å². The molecular weight excluding hydrogens is 209 g/mol. The van der Waals surface area contributed by atoms with Crippen LogP contribution in [0, 0.1) is 5.82 Å². The Labute approximate surface area is 94.4 Å². The predicted octanol–water partition coefficient (Wildman–Crippen LogP) is 2.75. The van der Waals surface area contributed by atoms with E-state index in [1.165, 1.54) is 6.07 Å². The smallest absolute Gasteiger partial charge is 0.338 e. The molecule has 0 radical (unpaired) electrons. The summed E-state index contributed by atoms with van der Waals surface area (Å²) < 4.78 is 18.1. The highest BCUT2D eigenvalue weighted by molar-refractivity contribution is 5.90. The first-order valence-electron chi connectivity index (χ1n) is 5.30. The van der Waals surface area contributed by atoms with E-state index in [1.54, 1.807) is 0 Å². The van der Waals surface area contributed by atoms with Gasteiger partial charge in [-0.25, -0.2) is 9.18 Å². The highest BCUT2D eigenvalue weighted by Gasteiger charge is 2.12. The Morgan fingerprint density at radius 2 is 2.19 bits per heavy atom. The monoisotopic (exact) mass is 225 g/mol. The van der Waals surface area contributed by atoms with Crippen LogP contribution in [0.5, 0.6) is 0 Å². The Morgan fingerprint density at radius 3 is 2.75 bits per heavy atom. The Morgan fingerprint density at radius 1 is 1.50 bits per heavy atom. The highest BCUT2D eigenvalue weighted by Crippen LogP contribution is 2.13. The maximum absolute atomic E-state index is 13.0. The van der Waals surface area contributed by atoms with Gasteiger partial charge >= 0.3 is 5.97 Å². The molecule has 0 amide bonds. The number of rotatable bonds is 4. The number of halogens is 1.